The van der Waals surface area contributed by atoms with E-state index in [-0.39, 0.29) is 5.78 Å². The van der Waals surface area contributed by atoms with Crippen LogP contribution in [0.3, 0.4) is 0 Å². The number of thiophene rings is 1. The van der Waals surface area contributed by atoms with Crippen molar-refractivity contribution in [1.82, 2.24) is 9.97 Å². The van der Waals surface area contributed by atoms with Gasteiger partial charge >= 0.3 is 0 Å². The molecule has 2 heterocycles. The van der Waals surface area contributed by atoms with Crippen molar-refractivity contribution in [3.63, 3.8) is 0 Å². The van der Waals surface area contributed by atoms with E-state index < -0.39 is 0 Å². The zero-order valence-electron chi connectivity index (χ0n) is 9.13. The second-order valence-electron chi connectivity index (χ2n) is 3.68. The van der Waals surface area contributed by atoms with Gasteiger partial charge in [0.15, 0.2) is 0 Å². The summed E-state index contributed by atoms with van der Waals surface area (Å²) in [5.74, 6) is -0.148. The van der Waals surface area contributed by atoms with E-state index in [0.717, 1.165) is 5.52 Å². The van der Waals surface area contributed by atoms with Crippen molar-refractivity contribution >= 4 is 39.8 Å². The fourth-order valence-electron chi connectivity index (χ4n) is 1.63. The topological polar surface area (TPSA) is 42.9 Å². The minimum absolute atomic E-state index is 0.148. The summed E-state index contributed by atoms with van der Waals surface area (Å²) in [6.07, 6.45) is 1.50. The predicted octanol–water partition coefficient (Wildman–Crippen LogP) is 3.58. The third kappa shape index (κ3) is 2.00. The molecule has 3 aromatic rings. The predicted molar refractivity (Wildman–Crippen MR) is 72.3 cm³/mol. The molecule has 0 unspecified atom stereocenters. The van der Waals surface area contributed by atoms with Crippen LogP contribution in [0.1, 0.15) is 15.4 Å². The fraction of sp³-hybridized carbons (Fsp3) is 0. The Bertz CT molecular complexity index is 738. The molecule has 0 aliphatic carbocycles. The lowest BCUT2D eigenvalue weighted by Gasteiger charge is -1.99. The number of ketones is 1. The Morgan fingerprint density at radius 3 is 2.61 bits per heavy atom. The third-order valence-corrected chi connectivity index (χ3v) is 3.71. The van der Waals surface area contributed by atoms with E-state index in [0.29, 0.717) is 20.4 Å². The van der Waals surface area contributed by atoms with Gasteiger partial charge in [-0.1, -0.05) is 23.7 Å². The van der Waals surface area contributed by atoms with Crippen LogP contribution in [-0.2, 0) is 0 Å². The average Bonchev–Trinajstić information content (AvgIpc) is 2.84. The number of para-hydroxylation sites is 2. The van der Waals surface area contributed by atoms with Crippen molar-refractivity contribution in [2.75, 3.05) is 0 Å². The largest absolute Gasteiger partial charge is 0.286 e. The van der Waals surface area contributed by atoms with Crippen molar-refractivity contribution in [1.29, 1.82) is 0 Å². The van der Waals surface area contributed by atoms with Crippen LogP contribution in [0.15, 0.2) is 42.6 Å². The van der Waals surface area contributed by atoms with Crippen molar-refractivity contribution < 1.29 is 4.79 Å². The third-order valence-electron chi connectivity index (χ3n) is 2.48. The number of halogens is 1. The molecule has 0 aliphatic rings. The number of carbonyl (C=O) groups excluding carboxylic acids is 1. The molecule has 5 heteroatoms. The molecule has 0 aliphatic heterocycles. The Balaban J connectivity index is 2.06. The van der Waals surface area contributed by atoms with Gasteiger partial charge in [-0.25, -0.2) is 4.98 Å². The van der Waals surface area contributed by atoms with Crippen LogP contribution in [0, 0.1) is 0 Å². The number of nitrogens with zero attached hydrogens (tertiary/aromatic N) is 2. The van der Waals surface area contributed by atoms with Crippen molar-refractivity contribution in [2.24, 2.45) is 0 Å². The summed E-state index contributed by atoms with van der Waals surface area (Å²) >= 11 is 7.06. The van der Waals surface area contributed by atoms with E-state index in [1.54, 1.807) is 12.1 Å². The van der Waals surface area contributed by atoms with Crippen molar-refractivity contribution in [3.05, 3.63) is 57.5 Å². The fourth-order valence-corrected chi connectivity index (χ4v) is 2.62. The van der Waals surface area contributed by atoms with E-state index in [1.165, 1.54) is 17.5 Å². The summed E-state index contributed by atoms with van der Waals surface area (Å²) in [6.45, 7) is 0. The molecule has 0 amide bonds. The molecule has 0 radical (unpaired) electrons. The Kier molecular flexibility index (Phi) is 2.81. The summed E-state index contributed by atoms with van der Waals surface area (Å²) in [6, 6.07) is 10.9. The van der Waals surface area contributed by atoms with Gasteiger partial charge in [0.2, 0.25) is 5.78 Å². The lowest BCUT2D eigenvalue weighted by molar-refractivity contribution is 0.103. The SMILES string of the molecule is O=C(c1cnc2ccccc2n1)c1ccc(Cl)s1. The van der Waals surface area contributed by atoms with Crippen molar-refractivity contribution in [3.8, 4) is 0 Å². The normalized spacial score (nSPS) is 10.7. The van der Waals surface area contributed by atoms with Crippen LogP contribution in [0.2, 0.25) is 4.34 Å². The molecule has 1 aromatic carbocycles. The van der Waals surface area contributed by atoms with E-state index in [2.05, 4.69) is 9.97 Å². The number of aromatic nitrogens is 2. The molecule has 0 bridgehead atoms. The first kappa shape index (κ1) is 11.3. The highest BCUT2D eigenvalue weighted by molar-refractivity contribution is 7.18. The number of benzene rings is 1. The number of fused-ring (bicyclic) bond motifs is 1. The Morgan fingerprint density at radius 2 is 1.89 bits per heavy atom. The van der Waals surface area contributed by atoms with Crippen LogP contribution in [0.5, 0.6) is 0 Å². The van der Waals surface area contributed by atoms with E-state index in [1.807, 2.05) is 24.3 Å². The van der Waals surface area contributed by atoms with Crippen LogP contribution < -0.4 is 0 Å². The minimum Gasteiger partial charge on any atom is -0.286 e. The maximum Gasteiger partial charge on any atom is 0.222 e. The van der Waals surface area contributed by atoms with Gasteiger partial charge in [-0.15, -0.1) is 11.3 Å². The van der Waals surface area contributed by atoms with Gasteiger partial charge in [-0.3, -0.25) is 9.78 Å². The van der Waals surface area contributed by atoms with Crippen LogP contribution >= 0.6 is 22.9 Å². The molecule has 0 fully saturated rings. The van der Waals surface area contributed by atoms with Gasteiger partial charge in [-0.2, -0.15) is 0 Å². The second-order valence-corrected chi connectivity index (χ2v) is 5.39. The van der Waals surface area contributed by atoms with Gasteiger partial charge in [0.25, 0.3) is 0 Å². The first-order valence-corrected chi connectivity index (χ1v) is 6.45. The van der Waals surface area contributed by atoms with Gasteiger partial charge in [0, 0.05) is 0 Å². The second kappa shape index (κ2) is 4.48. The first-order valence-electron chi connectivity index (χ1n) is 5.26. The standard InChI is InChI=1S/C13H7ClN2OS/c14-12-6-5-11(18-12)13(17)10-7-15-8-3-1-2-4-9(8)16-10/h1-7H. The number of rotatable bonds is 2. The number of hydrogen-bond donors (Lipinski definition) is 0. The first-order chi connectivity index (χ1) is 8.74. The molecule has 3 nitrogen and oxygen atoms in total. The van der Waals surface area contributed by atoms with E-state index in [4.69, 9.17) is 11.6 Å². The Hall–Kier alpha value is -1.78. The zero-order chi connectivity index (χ0) is 12.5. The molecule has 0 atom stereocenters. The summed E-state index contributed by atoms with van der Waals surface area (Å²) in [4.78, 5) is 21.3. The molecule has 2 aromatic heterocycles. The Morgan fingerprint density at radius 1 is 1.11 bits per heavy atom. The molecule has 0 saturated carbocycles. The maximum absolute atomic E-state index is 12.2. The highest BCUT2D eigenvalue weighted by atomic mass is 35.5. The summed E-state index contributed by atoms with van der Waals surface area (Å²) in [5.41, 5.74) is 1.83. The van der Waals surface area contributed by atoms with Crippen LogP contribution in [-0.4, -0.2) is 15.8 Å². The quantitative estimate of drug-likeness (QED) is 0.671. The van der Waals surface area contributed by atoms with E-state index >= 15 is 0 Å². The van der Waals surface area contributed by atoms with Crippen molar-refractivity contribution in [2.45, 2.75) is 0 Å². The molecule has 18 heavy (non-hydrogen) atoms. The number of hydrogen-bond acceptors (Lipinski definition) is 4. The van der Waals surface area contributed by atoms with Crippen LogP contribution in [0.25, 0.3) is 11.0 Å². The van der Waals surface area contributed by atoms with Gasteiger partial charge in [0.05, 0.1) is 26.4 Å². The number of carbonyl (C=O) groups is 1. The lowest BCUT2D eigenvalue weighted by atomic mass is 10.2. The highest BCUT2D eigenvalue weighted by Crippen LogP contribution is 2.23. The molecule has 0 spiro atoms. The van der Waals surface area contributed by atoms with Gasteiger partial charge in [-0.05, 0) is 24.3 Å². The molecular weight excluding hydrogens is 268 g/mol. The Labute approximate surface area is 112 Å². The molecule has 3 rings (SSSR count). The summed E-state index contributed by atoms with van der Waals surface area (Å²) in [5, 5.41) is 0. The average molecular weight is 275 g/mol. The van der Waals surface area contributed by atoms with Crippen LogP contribution in [0.4, 0.5) is 0 Å². The molecular formula is C13H7ClN2OS. The summed E-state index contributed by atoms with van der Waals surface area (Å²) < 4.78 is 0.590. The van der Waals surface area contributed by atoms with Gasteiger partial charge in [0.1, 0.15) is 5.69 Å². The molecule has 0 N–H and O–H groups in total. The minimum atomic E-state index is -0.148. The monoisotopic (exact) mass is 274 g/mol. The lowest BCUT2D eigenvalue weighted by Crippen LogP contribution is -2.03. The maximum atomic E-state index is 12.2. The molecule has 88 valence electrons. The zero-order valence-corrected chi connectivity index (χ0v) is 10.7. The molecule has 0 saturated heterocycles. The highest BCUT2D eigenvalue weighted by Gasteiger charge is 2.13. The van der Waals surface area contributed by atoms with Gasteiger partial charge < -0.3 is 0 Å². The smallest absolute Gasteiger partial charge is 0.222 e. The summed E-state index contributed by atoms with van der Waals surface area (Å²) in [7, 11) is 0. The van der Waals surface area contributed by atoms with E-state index in [9.17, 15) is 4.79 Å².